The van der Waals surface area contributed by atoms with Gasteiger partial charge in [-0.05, 0) is 37.1 Å². The Morgan fingerprint density at radius 2 is 1.70 bits per heavy atom. The molecule has 0 aliphatic heterocycles. The highest BCUT2D eigenvalue weighted by molar-refractivity contribution is 5.93. The zero-order chi connectivity index (χ0) is 17.1. The van der Waals surface area contributed by atoms with Crippen LogP contribution in [0.25, 0.3) is 6.08 Å². The molecule has 0 heterocycles. The molecule has 0 fully saturated rings. The summed E-state index contributed by atoms with van der Waals surface area (Å²) < 4.78 is 25.8. The van der Waals surface area contributed by atoms with Crippen molar-refractivity contribution in [3.05, 3.63) is 29.3 Å². The van der Waals surface area contributed by atoms with Crippen molar-refractivity contribution in [2.24, 2.45) is 0 Å². The largest absolute Gasteiger partial charge is 0.464 e. The molecule has 128 valence electrons. The van der Waals surface area contributed by atoms with Gasteiger partial charge in [-0.15, -0.1) is 0 Å². The number of rotatable bonds is 10. The number of carbonyl (C=O) groups excluding carboxylic acids is 1. The van der Waals surface area contributed by atoms with E-state index in [2.05, 4.69) is 0 Å². The number of ether oxygens (including phenoxy) is 5. The number of hydrogen-bond acceptors (Lipinski definition) is 6. The van der Waals surface area contributed by atoms with E-state index < -0.39 is 0 Å². The Hall–Kier alpha value is -2.05. The van der Waals surface area contributed by atoms with Crippen molar-refractivity contribution < 1.29 is 28.5 Å². The second-order valence-electron chi connectivity index (χ2n) is 4.55. The van der Waals surface area contributed by atoms with Crippen LogP contribution in [0.2, 0.25) is 0 Å². The summed E-state index contributed by atoms with van der Waals surface area (Å²) in [5.41, 5.74) is 1.40. The fraction of sp³-hybridized carbons (Fsp3) is 0.471. The third-order valence-corrected chi connectivity index (χ3v) is 2.89. The first-order valence-electron chi connectivity index (χ1n) is 7.41. The van der Waals surface area contributed by atoms with Crippen molar-refractivity contribution in [1.29, 1.82) is 0 Å². The first-order chi connectivity index (χ1) is 11.2. The first-order valence-corrected chi connectivity index (χ1v) is 7.41. The molecule has 0 aromatic heterocycles. The zero-order valence-corrected chi connectivity index (χ0v) is 14.1. The fourth-order valence-electron chi connectivity index (χ4n) is 1.82. The lowest BCUT2D eigenvalue weighted by atomic mass is 10.1. The quantitative estimate of drug-likeness (QED) is 0.374. The van der Waals surface area contributed by atoms with Crippen molar-refractivity contribution in [2.75, 3.05) is 34.4 Å². The molecule has 0 saturated carbocycles. The van der Waals surface area contributed by atoms with Gasteiger partial charge in [-0.25, -0.2) is 4.79 Å². The van der Waals surface area contributed by atoms with E-state index in [0.29, 0.717) is 30.1 Å². The summed E-state index contributed by atoms with van der Waals surface area (Å²) in [6, 6.07) is 5.37. The highest BCUT2D eigenvalue weighted by atomic mass is 16.7. The van der Waals surface area contributed by atoms with Gasteiger partial charge in [0.1, 0.15) is 0 Å². The van der Waals surface area contributed by atoms with Gasteiger partial charge in [0.15, 0.2) is 25.1 Å². The van der Waals surface area contributed by atoms with Gasteiger partial charge in [0, 0.05) is 19.8 Å². The van der Waals surface area contributed by atoms with Crippen LogP contribution in [0.4, 0.5) is 0 Å². The molecule has 0 spiro atoms. The molecule has 0 amide bonds. The minimum absolute atomic E-state index is 0.0923. The smallest absolute Gasteiger partial charge is 0.333 e. The Morgan fingerprint density at radius 1 is 1.04 bits per heavy atom. The zero-order valence-electron chi connectivity index (χ0n) is 14.1. The van der Waals surface area contributed by atoms with E-state index in [-0.39, 0.29) is 19.6 Å². The minimum atomic E-state index is -0.311. The summed E-state index contributed by atoms with van der Waals surface area (Å²) in [4.78, 5) is 11.9. The number of methoxy groups -OCH3 is 2. The molecule has 0 saturated heterocycles. The third-order valence-electron chi connectivity index (χ3n) is 2.89. The van der Waals surface area contributed by atoms with Gasteiger partial charge in [0.05, 0.1) is 6.61 Å². The standard InChI is InChI=1S/C17H24O6/c1-5-14(17(18)21-6-2)9-13-7-8-15(22-11-19-3)16(10-13)23-12-20-4/h7-10H,5-6,11-12H2,1-4H3/b14-9+. The van der Waals surface area contributed by atoms with Crippen LogP contribution < -0.4 is 9.47 Å². The van der Waals surface area contributed by atoms with Gasteiger partial charge in [-0.1, -0.05) is 13.0 Å². The van der Waals surface area contributed by atoms with Crippen LogP contribution in [-0.4, -0.2) is 40.4 Å². The van der Waals surface area contributed by atoms with Crippen molar-refractivity contribution >= 4 is 12.0 Å². The van der Waals surface area contributed by atoms with Gasteiger partial charge >= 0.3 is 5.97 Å². The van der Waals surface area contributed by atoms with Crippen LogP contribution >= 0.6 is 0 Å². The summed E-state index contributed by atoms with van der Waals surface area (Å²) in [6.07, 6.45) is 2.35. The fourth-order valence-corrected chi connectivity index (χ4v) is 1.82. The van der Waals surface area contributed by atoms with Crippen LogP contribution in [0.15, 0.2) is 23.8 Å². The molecule has 0 unspecified atom stereocenters. The van der Waals surface area contributed by atoms with Crippen molar-refractivity contribution in [1.82, 2.24) is 0 Å². The van der Waals surface area contributed by atoms with E-state index in [0.717, 1.165) is 5.56 Å². The topological polar surface area (TPSA) is 63.2 Å². The Balaban J connectivity index is 3.04. The lowest BCUT2D eigenvalue weighted by Crippen LogP contribution is -2.07. The molecule has 1 aromatic rings. The Bertz CT molecular complexity index is 524. The molecule has 0 bridgehead atoms. The second kappa shape index (κ2) is 10.6. The average molecular weight is 324 g/mol. The molecular formula is C17H24O6. The molecule has 0 radical (unpaired) electrons. The molecule has 0 aliphatic rings. The number of carbonyl (C=O) groups is 1. The molecule has 6 heteroatoms. The average Bonchev–Trinajstić information content (AvgIpc) is 2.56. The van der Waals surface area contributed by atoms with Crippen LogP contribution in [0.3, 0.4) is 0 Å². The highest BCUT2D eigenvalue weighted by Crippen LogP contribution is 2.29. The normalized spacial score (nSPS) is 11.2. The molecule has 1 rings (SSSR count). The minimum Gasteiger partial charge on any atom is -0.464 e. The highest BCUT2D eigenvalue weighted by Gasteiger charge is 2.10. The van der Waals surface area contributed by atoms with Crippen LogP contribution in [0.1, 0.15) is 25.8 Å². The second-order valence-corrected chi connectivity index (χ2v) is 4.55. The lowest BCUT2D eigenvalue weighted by molar-refractivity contribution is -0.138. The predicted molar refractivity (Wildman–Crippen MR) is 86.4 cm³/mol. The van der Waals surface area contributed by atoms with Gasteiger partial charge in [0.2, 0.25) is 0 Å². The van der Waals surface area contributed by atoms with E-state index in [1.54, 1.807) is 32.2 Å². The maximum atomic E-state index is 11.9. The molecule has 6 nitrogen and oxygen atoms in total. The summed E-state index contributed by atoms with van der Waals surface area (Å²) in [7, 11) is 3.08. The molecule has 0 atom stereocenters. The van der Waals surface area contributed by atoms with E-state index >= 15 is 0 Å². The number of benzene rings is 1. The summed E-state index contributed by atoms with van der Waals surface area (Å²) in [6.45, 7) is 4.24. The summed E-state index contributed by atoms with van der Waals surface area (Å²) in [5.74, 6) is 0.737. The van der Waals surface area contributed by atoms with Gasteiger partial charge in [0.25, 0.3) is 0 Å². The van der Waals surface area contributed by atoms with E-state index in [4.69, 9.17) is 23.7 Å². The third kappa shape index (κ3) is 6.30. The van der Waals surface area contributed by atoms with Gasteiger partial charge in [-0.2, -0.15) is 0 Å². The van der Waals surface area contributed by atoms with Crippen LogP contribution in [-0.2, 0) is 19.0 Å². The van der Waals surface area contributed by atoms with Crippen LogP contribution in [0.5, 0.6) is 11.5 Å². The van der Waals surface area contributed by atoms with Crippen molar-refractivity contribution in [3.63, 3.8) is 0 Å². The first kappa shape index (κ1) is 19.0. The van der Waals surface area contributed by atoms with Crippen molar-refractivity contribution in [3.8, 4) is 11.5 Å². The summed E-state index contributed by atoms with van der Waals surface area (Å²) >= 11 is 0. The Kier molecular flexibility index (Phi) is 8.79. The van der Waals surface area contributed by atoms with Gasteiger partial charge in [-0.3, -0.25) is 0 Å². The van der Waals surface area contributed by atoms with E-state index in [9.17, 15) is 4.79 Å². The molecule has 0 aliphatic carbocycles. The maximum Gasteiger partial charge on any atom is 0.333 e. The molecule has 23 heavy (non-hydrogen) atoms. The van der Waals surface area contributed by atoms with E-state index in [1.165, 1.54) is 7.11 Å². The Labute approximate surface area is 136 Å². The van der Waals surface area contributed by atoms with Crippen LogP contribution in [0, 0.1) is 0 Å². The molecular weight excluding hydrogens is 300 g/mol. The van der Waals surface area contributed by atoms with E-state index in [1.807, 2.05) is 13.0 Å². The molecule has 0 N–H and O–H groups in total. The molecule has 1 aromatic carbocycles. The number of esters is 1. The Morgan fingerprint density at radius 3 is 2.26 bits per heavy atom. The van der Waals surface area contributed by atoms with Gasteiger partial charge < -0.3 is 23.7 Å². The predicted octanol–water partition coefficient (Wildman–Crippen LogP) is 3.01. The lowest BCUT2D eigenvalue weighted by Gasteiger charge is -2.13. The SMILES string of the molecule is CCOC(=O)/C(=C/c1ccc(OCOC)c(OCOC)c1)CC. The maximum absolute atomic E-state index is 11.9. The van der Waals surface area contributed by atoms with Crippen molar-refractivity contribution in [2.45, 2.75) is 20.3 Å². The number of hydrogen-bond donors (Lipinski definition) is 0. The summed E-state index contributed by atoms with van der Waals surface area (Å²) in [5, 5.41) is 0. The monoisotopic (exact) mass is 324 g/mol.